The van der Waals surface area contributed by atoms with Gasteiger partial charge >= 0.3 is 5.97 Å². The van der Waals surface area contributed by atoms with Crippen molar-refractivity contribution in [2.45, 2.75) is 13.3 Å². The highest BCUT2D eigenvalue weighted by molar-refractivity contribution is 5.91. The summed E-state index contributed by atoms with van der Waals surface area (Å²) < 4.78 is 19.3. The Bertz CT molecular complexity index is 753. The zero-order valence-electron chi connectivity index (χ0n) is 13.0. The second kappa shape index (κ2) is 5.98. The first-order valence-electron chi connectivity index (χ1n) is 7.46. The molecule has 1 fully saturated rings. The highest BCUT2D eigenvalue weighted by Crippen LogP contribution is 2.32. The van der Waals surface area contributed by atoms with E-state index in [1.54, 1.807) is 6.07 Å². The van der Waals surface area contributed by atoms with E-state index >= 15 is 0 Å². The Morgan fingerprint density at radius 2 is 2.17 bits per heavy atom. The van der Waals surface area contributed by atoms with Crippen molar-refractivity contribution in [3.05, 3.63) is 24.3 Å². The summed E-state index contributed by atoms with van der Waals surface area (Å²) in [6, 6.07) is 3.24. The van der Waals surface area contributed by atoms with Crippen LogP contribution in [0.4, 0.5) is 10.2 Å². The number of hydrogen-bond donors (Lipinski definition) is 1. The summed E-state index contributed by atoms with van der Waals surface area (Å²) in [5.41, 5.74) is 0.180. The number of carbonyl (C=O) groups is 1. The van der Waals surface area contributed by atoms with Crippen LogP contribution in [0.25, 0.3) is 10.9 Å². The largest absolute Gasteiger partial charge is 0.494 e. The predicted molar refractivity (Wildman–Crippen MR) is 83.2 cm³/mol. The number of ether oxygens (including phenoxy) is 1. The van der Waals surface area contributed by atoms with Crippen LogP contribution in [0.5, 0.6) is 5.75 Å². The highest BCUT2D eigenvalue weighted by Gasteiger charge is 2.31. The number of nitrogens with zero attached hydrogens (tertiary/aromatic N) is 3. The van der Waals surface area contributed by atoms with Crippen LogP contribution < -0.4 is 9.64 Å². The topological polar surface area (TPSA) is 75.5 Å². The number of hydrogen-bond acceptors (Lipinski definition) is 5. The Balaban J connectivity index is 2.05. The van der Waals surface area contributed by atoms with E-state index in [9.17, 15) is 14.3 Å². The Labute approximate surface area is 132 Å². The molecule has 2 unspecified atom stereocenters. The fourth-order valence-corrected chi connectivity index (χ4v) is 3.18. The average molecular weight is 319 g/mol. The van der Waals surface area contributed by atoms with Crippen LogP contribution in [0.2, 0.25) is 0 Å². The van der Waals surface area contributed by atoms with E-state index in [4.69, 9.17) is 4.74 Å². The first kappa shape index (κ1) is 15.5. The maximum atomic E-state index is 14.4. The van der Waals surface area contributed by atoms with E-state index in [1.165, 1.54) is 19.5 Å². The molecule has 1 aliphatic rings. The van der Waals surface area contributed by atoms with E-state index in [0.717, 1.165) is 0 Å². The third-order valence-corrected chi connectivity index (χ3v) is 4.22. The molecule has 1 aromatic carbocycles. The average Bonchev–Trinajstić information content (AvgIpc) is 2.54. The summed E-state index contributed by atoms with van der Waals surface area (Å²) in [7, 11) is 1.40. The van der Waals surface area contributed by atoms with Crippen molar-refractivity contribution in [3.63, 3.8) is 0 Å². The standard InChI is InChI=1S/C16H18FN3O3/c1-9-5-10(16(21)22)7-20(6-9)15-11-3-4-12(23-2)13(17)14(11)18-8-19-15/h3-4,8-10H,5-7H2,1-2H3,(H,21,22). The number of aliphatic carboxylic acids is 1. The SMILES string of the molecule is COc1ccc2c(N3CC(C)CC(C(=O)O)C3)ncnc2c1F. The van der Waals surface area contributed by atoms with Gasteiger partial charge in [0.2, 0.25) is 0 Å². The minimum Gasteiger partial charge on any atom is -0.494 e. The van der Waals surface area contributed by atoms with Gasteiger partial charge in [0.05, 0.1) is 13.0 Å². The molecule has 0 bridgehead atoms. The van der Waals surface area contributed by atoms with E-state index < -0.39 is 17.7 Å². The number of fused-ring (bicyclic) bond motifs is 1. The van der Waals surface area contributed by atoms with Crippen molar-refractivity contribution in [2.24, 2.45) is 11.8 Å². The molecule has 0 spiro atoms. The number of anilines is 1. The second-order valence-corrected chi connectivity index (χ2v) is 5.96. The molecule has 7 heteroatoms. The summed E-state index contributed by atoms with van der Waals surface area (Å²) in [5.74, 6) is -0.891. The molecular formula is C16H18FN3O3. The van der Waals surface area contributed by atoms with Crippen LogP contribution in [0.15, 0.2) is 18.5 Å². The maximum Gasteiger partial charge on any atom is 0.308 e. The van der Waals surface area contributed by atoms with Gasteiger partial charge < -0.3 is 14.7 Å². The molecule has 0 aliphatic carbocycles. The van der Waals surface area contributed by atoms with Gasteiger partial charge in [-0.3, -0.25) is 4.79 Å². The van der Waals surface area contributed by atoms with Gasteiger partial charge in [0, 0.05) is 18.5 Å². The van der Waals surface area contributed by atoms with Gasteiger partial charge in [-0.1, -0.05) is 6.92 Å². The normalized spacial score (nSPS) is 21.4. The van der Waals surface area contributed by atoms with E-state index in [0.29, 0.717) is 30.7 Å². The lowest BCUT2D eigenvalue weighted by molar-refractivity contribution is -0.142. The Hall–Kier alpha value is -2.44. The fraction of sp³-hybridized carbons (Fsp3) is 0.438. The van der Waals surface area contributed by atoms with Gasteiger partial charge in [0.15, 0.2) is 11.6 Å². The molecule has 23 heavy (non-hydrogen) atoms. The summed E-state index contributed by atoms with van der Waals surface area (Å²) in [4.78, 5) is 21.5. The summed E-state index contributed by atoms with van der Waals surface area (Å²) in [5, 5.41) is 9.87. The molecule has 0 radical (unpaired) electrons. The van der Waals surface area contributed by atoms with Crippen molar-refractivity contribution in [3.8, 4) is 5.75 Å². The molecule has 1 N–H and O–H groups in total. The first-order chi connectivity index (χ1) is 11.0. The zero-order valence-corrected chi connectivity index (χ0v) is 13.0. The van der Waals surface area contributed by atoms with Gasteiger partial charge in [0.25, 0.3) is 0 Å². The van der Waals surface area contributed by atoms with Crippen LogP contribution in [0, 0.1) is 17.7 Å². The first-order valence-corrected chi connectivity index (χ1v) is 7.46. The monoisotopic (exact) mass is 319 g/mol. The predicted octanol–water partition coefficient (Wildman–Crippen LogP) is 2.32. The van der Waals surface area contributed by atoms with E-state index in [1.807, 2.05) is 11.8 Å². The number of aromatic nitrogens is 2. The summed E-state index contributed by atoms with van der Waals surface area (Å²) >= 11 is 0. The molecule has 122 valence electrons. The quantitative estimate of drug-likeness (QED) is 0.936. The van der Waals surface area contributed by atoms with Gasteiger partial charge in [-0.05, 0) is 24.5 Å². The van der Waals surface area contributed by atoms with Gasteiger partial charge in [0.1, 0.15) is 17.7 Å². The number of rotatable bonds is 3. The number of benzene rings is 1. The minimum atomic E-state index is -0.812. The number of carboxylic acids is 1. The Morgan fingerprint density at radius 3 is 2.87 bits per heavy atom. The minimum absolute atomic E-state index is 0.123. The molecule has 2 aromatic rings. The van der Waals surface area contributed by atoms with Crippen LogP contribution in [0.1, 0.15) is 13.3 Å². The molecule has 6 nitrogen and oxygen atoms in total. The molecule has 0 saturated carbocycles. The van der Waals surface area contributed by atoms with Crippen molar-refractivity contribution in [2.75, 3.05) is 25.1 Å². The maximum absolute atomic E-state index is 14.4. The number of halogens is 1. The number of piperidine rings is 1. The van der Waals surface area contributed by atoms with Crippen molar-refractivity contribution < 1.29 is 19.0 Å². The molecule has 2 heterocycles. The number of methoxy groups -OCH3 is 1. The zero-order chi connectivity index (χ0) is 16.6. The van der Waals surface area contributed by atoms with Crippen molar-refractivity contribution in [1.82, 2.24) is 9.97 Å². The van der Waals surface area contributed by atoms with Crippen LogP contribution in [0.3, 0.4) is 0 Å². The van der Waals surface area contributed by atoms with E-state index in [2.05, 4.69) is 9.97 Å². The van der Waals surface area contributed by atoms with Crippen molar-refractivity contribution in [1.29, 1.82) is 0 Å². The lowest BCUT2D eigenvalue weighted by Crippen LogP contribution is -2.43. The lowest BCUT2D eigenvalue weighted by Gasteiger charge is -2.35. The molecule has 3 rings (SSSR count). The molecule has 1 aromatic heterocycles. The highest BCUT2D eigenvalue weighted by atomic mass is 19.1. The van der Waals surface area contributed by atoms with E-state index in [-0.39, 0.29) is 17.2 Å². The van der Waals surface area contributed by atoms with Crippen LogP contribution in [-0.4, -0.2) is 41.2 Å². The molecule has 1 saturated heterocycles. The van der Waals surface area contributed by atoms with Crippen LogP contribution >= 0.6 is 0 Å². The second-order valence-electron chi connectivity index (χ2n) is 5.96. The Kier molecular flexibility index (Phi) is 4.02. The molecular weight excluding hydrogens is 301 g/mol. The van der Waals surface area contributed by atoms with Gasteiger partial charge in [-0.2, -0.15) is 0 Å². The number of carboxylic acid groups (broad SMARTS) is 1. The lowest BCUT2D eigenvalue weighted by atomic mass is 9.90. The van der Waals surface area contributed by atoms with Crippen LogP contribution in [-0.2, 0) is 4.79 Å². The molecule has 2 atom stereocenters. The fourth-order valence-electron chi connectivity index (χ4n) is 3.18. The summed E-state index contributed by atoms with van der Waals surface area (Å²) in [6.45, 7) is 3.05. The van der Waals surface area contributed by atoms with Gasteiger partial charge in [-0.25, -0.2) is 14.4 Å². The third-order valence-electron chi connectivity index (χ3n) is 4.22. The summed E-state index contributed by atoms with van der Waals surface area (Å²) in [6.07, 6.45) is 1.94. The molecule has 1 aliphatic heterocycles. The Morgan fingerprint density at radius 1 is 1.39 bits per heavy atom. The smallest absolute Gasteiger partial charge is 0.308 e. The van der Waals surface area contributed by atoms with Crippen molar-refractivity contribution >= 4 is 22.7 Å². The molecule has 0 amide bonds. The third kappa shape index (κ3) is 2.78. The van der Waals surface area contributed by atoms with Gasteiger partial charge in [-0.15, -0.1) is 0 Å².